The van der Waals surface area contributed by atoms with Gasteiger partial charge in [0.15, 0.2) is 0 Å². The second-order valence-corrected chi connectivity index (χ2v) is 12.0. The van der Waals surface area contributed by atoms with Crippen molar-refractivity contribution in [1.82, 2.24) is 9.99 Å². The van der Waals surface area contributed by atoms with Gasteiger partial charge >= 0.3 is 4.87 Å². The lowest BCUT2D eigenvalue weighted by molar-refractivity contribution is -0.140. The van der Waals surface area contributed by atoms with Crippen LogP contribution in [0.25, 0.3) is 0 Å². The zero-order valence-electron chi connectivity index (χ0n) is 16.9. The molecule has 160 valence electrons. The predicted octanol–water partition coefficient (Wildman–Crippen LogP) is 3.74. The van der Waals surface area contributed by atoms with Crippen LogP contribution in [0.3, 0.4) is 0 Å². The number of carbonyl (C=O) groups excluding carboxylic acids is 2. The Labute approximate surface area is 192 Å². The van der Waals surface area contributed by atoms with Crippen molar-refractivity contribution in [2.45, 2.75) is 36.0 Å². The molecule has 2 saturated carbocycles. The molecule has 1 aromatic carbocycles. The summed E-state index contributed by atoms with van der Waals surface area (Å²) in [5.74, 6) is -0.448. The molecule has 6 rings (SSSR count). The first-order valence-corrected chi connectivity index (χ1v) is 12.4. The summed E-state index contributed by atoms with van der Waals surface area (Å²) in [5, 5.41) is 7.16. The third-order valence-electron chi connectivity index (χ3n) is 7.56. The summed E-state index contributed by atoms with van der Waals surface area (Å²) >= 11 is 8.90. The van der Waals surface area contributed by atoms with E-state index in [1.807, 2.05) is 0 Å². The van der Waals surface area contributed by atoms with Crippen molar-refractivity contribution in [2.24, 2.45) is 34.7 Å². The number of aromatic nitrogens is 1. The molecular formula is C22H20ClN3O3S2. The molecule has 2 amide bonds. The number of nitrogens with one attached hydrogen (secondary N) is 1. The fourth-order valence-corrected chi connectivity index (χ4v) is 9.70. The molecule has 1 saturated heterocycles. The van der Waals surface area contributed by atoms with Crippen molar-refractivity contribution in [3.63, 3.8) is 0 Å². The van der Waals surface area contributed by atoms with E-state index in [9.17, 15) is 14.4 Å². The number of rotatable bonds is 2. The molecule has 1 aromatic heterocycles. The predicted molar refractivity (Wildman–Crippen MR) is 121 cm³/mol. The summed E-state index contributed by atoms with van der Waals surface area (Å²) in [6.07, 6.45) is 2.44. The Kier molecular flexibility index (Phi) is 4.18. The Balaban J connectivity index is 1.33. The number of nitrogens with zero attached hydrogens (tertiary/aromatic N) is 2. The third-order valence-corrected chi connectivity index (χ3v) is 10.6. The highest BCUT2D eigenvalue weighted by atomic mass is 35.5. The summed E-state index contributed by atoms with van der Waals surface area (Å²) < 4.78 is 0. The van der Waals surface area contributed by atoms with Crippen LogP contribution >= 0.6 is 34.7 Å². The van der Waals surface area contributed by atoms with E-state index in [0.717, 1.165) is 26.9 Å². The maximum absolute atomic E-state index is 13.3. The maximum atomic E-state index is 13.3. The lowest BCUT2D eigenvalue weighted by Crippen LogP contribution is -2.48. The quantitative estimate of drug-likeness (QED) is 0.532. The number of hydrazone groups is 1. The number of carbonyl (C=O) groups is 2. The van der Waals surface area contributed by atoms with E-state index in [2.05, 4.69) is 23.9 Å². The number of fused-ring (bicyclic) bond motifs is 9. The fraction of sp³-hybridized carbons (Fsp3) is 0.455. The van der Waals surface area contributed by atoms with Crippen molar-refractivity contribution in [2.75, 3.05) is 0 Å². The lowest BCUT2D eigenvalue weighted by Gasteiger charge is -2.47. The van der Waals surface area contributed by atoms with Crippen molar-refractivity contribution in [1.29, 1.82) is 0 Å². The van der Waals surface area contributed by atoms with Gasteiger partial charge in [-0.2, -0.15) is 10.1 Å². The largest absolute Gasteiger partial charge is 0.307 e. The topological polar surface area (TPSA) is 82.6 Å². The van der Waals surface area contributed by atoms with Gasteiger partial charge in [0.25, 0.3) is 11.8 Å². The number of hydrogen-bond acceptors (Lipinski definition) is 6. The molecule has 0 spiro atoms. The van der Waals surface area contributed by atoms with Crippen molar-refractivity contribution < 1.29 is 9.59 Å². The first-order valence-electron chi connectivity index (χ1n) is 10.3. The fourth-order valence-electron chi connectivity index (χ4n) is 6.43. The maximum Gasteiger partial charge on any atom is 0.305 e. The van der Waals surface area contributed by atoms with Gasteiger partial charge in [0.05, 0.1) is 23.1 Å². The van der Waals surface area contributed by atoms with Gasteiger partial charge < -0.3 is 4.98 Å². The van der Waals surface area contributed by atoms with Gasteiger partial charge in [0, 0.05) is 20.6 Å². The monoisotopic (exact) mass is 473 g/mol. The van der Waals surface area contributed by atoms with E-state index >= 15 is 0 Å². The molecule has 1 N–H and O–H groups in total. The highest BCUT2D eigenvalue weighted by Crippen LogP contribution is 2.68. The number of benzene rings is 1. The van der Waals surface area contributed by atoms with E-state index in [-0.39, 0.29) is 56.9 Å². The van der Waals surface area contributed by atoms with Gasteiger partial charge in [-0.1, -0.05) is 48.9 Å². The molecule has 2 aromatic rings. The molecule has 6 nitrogen and oxygen atoms in total. The third kappa shape index (κ3) is 2.64. The summed E-state index contributed by atoms with van der Waals surface area (Å²) in [7, 11) is 0. The highest BCUT2D eigenvalue weighted by Gasteiger charge is 2.71. The van der Waals surface area contributed by atoms with Gasteiger partial charge in [0.2, 0.25) is 0 Å². The second kappa shape index (κ2) is 6.56. The summed E-state index contributed by atoms with van der Waals surface area (Å²) in [6.45, 7) is 4.36. The van der Waals surface area contributed by atoms with Crippen molar-refractivity contribution in [3.05, 3.63) is 49.4 Å². The number of amides is 2. The van der Waals surface area contributed by atoms with Crippen molar-refractivity contribution in [3.8, 4) is 0 Å². The van der Waals surface area contributed by atoms with E-state index < -0.39 is 0 Å². The van der Waals surface area contributed by atoms with Crippen LogP contribution in [-0.2, 0) is 15.0 Å². The number of imide groups is 1. The molecule has 9 heteroatoms. The van der Waals surface area contributed by atoms with E-state index in [1.54, 1.807) is 42.2 Å². The molecule has 3 fully saturated rings. The Hall–Kier alpha value is -1.90. The molecule has 2 aliphatic carbocycles. The van der Waals surface area contributed by atoms with E-state index in [0.29, 0.717) is 5.02 Å². The summed E-state index contributed by atoms with van der Waals surface area (Å²) in [5.41, 5.74) is 0.576. The number of thioether (sulfide) groups is 1. The summed E-state index contributed by atoms with van der Waals surface area (Å²) in [6, 6.07) is 7.10. The minimum Gasteiger partial charge on any atom is -0.307 e. The highest BCUT2D eigenvalue weighted by molar-refractivity contribution is 8.00. The molecule has 3 heterocycles. The molecule has 31 heavy (non-hydrogen) atoms. The standard InChI is InChI=1S/C22H20ClN3O3S2/c1-22(2)15-11-7-12(16(15)30-18-17(22)31-21(29)25-18)14-13(11)19(27)26(20(14)28)24-8-9-3-5-10(23)6-4-9/h3-6,8,11-16H,7H2,1-2H3,(H,25,29)/b24-8-/t11-,12-,13-,14+,15-,16-/m0/s1. The van der Waals surface area contributed by atoms with Crippen molar-refractivity contribution >= 4 is 52.7 Å². The number of H-pyrrole nitrogens is 1. The Morgan fingerprint density at radius 1 is 1.13 bits per heavy atom. The van der Waals surface area contributed by atoms with Gasteiger partial charge in [-0.15, -0.1) is 11.8 Å². The number of thiazole rings is 1. The first kappa shape index (κ1) is 19.8. The molecule has 2 aliphatic heterocycles. The zero-order chi connectivity index (χ0) is 21.7. The van der Waals surface area contributed by atoms with Crippen LogP contribution in [0.2, 0.25) is 5.02 Å². The van der Waals surface area contributed by atoms with Crippen LogP contribution in [0.15, 0.2) is 39.2 Å². The first-order chi connectivity index (χ1) is 14.8. The molecular weight excluding hydrogens is 454 g/mol. The van der Waals surface area contributed by atoms with E-state index in [4.69, 9.17) is 11.6 Å². The Morgan fingerprint density at radius 3 is 2.52 bits per heavy atom. The molecule has 0 radical (unpaired) electrons. The SMILES string of the molecule is CC1(C)c2sc(=O)[nH]c2S[C@H]2[C@H]3C[C@@H]([C@@H]4C(=O)N(/N=C\c5ccc(Cl)cc5)C(=O)[C@H]34)[C@@H]21. The van der Waals surface area contributed by atoms with Gasteiger partial charge in [0.1, 0.15) is 0 Å². The van der Waals surface area contributed by atoms with E-state index in [1.165, 1.54) is 11.3 Å². The lowest BCUT2D eigenvalue weighted by atomic mass is 9.64. The van der Waals surface area contributed by atoms with Crippen LogP contribution in [0, 0.1) is 29.6 Å². The minimum absolute atomic E-state index is 0.0343. The normalized spacial score (nSPS) is 35.0. The van der Waals surface area contributed by atoms with Crippen LogP contribution in [-0.4, -0.2) is 33.3 Å². The Morgan fingerprint density at radius 2 is 1.81 bits per heavy atom. The van der Waals surface area contributed by atoms with Gasteiger partial charge in [-0.3, -0.25) is 14.4 Å². The summed E-state index contributed by atoms with van der Waals surface area (Å²) in [4.78, 5) is 42.6. The number of halogens is 1. The molecule has 0 unspecified atom stereocenters. The minimum atomic E-state index is -0.309. The Bertz CT molecular complexity index is 1200. The van der Waals surface area contributed by atoms with Gasteiger partial charge in [-0.05, 0) is 41.9 Å². The van der Waals surface area contributed by atoms with Crippen LogP contribution in [0.1, 0.15) is 30.7 Å². The zero-order valence-corrected chi connectivity index (χ0v) is 19.3. The molecule has 2 bridgehead atoms. The van der Waals surface area contributed by atoms with Crippen LogP contribution in [0.4, 0.5) is 0 Å². The average Bonchev–Trinajstić information content (AvgIpc) is 3.44. The number of hydrogen-bond donors (Lipinski definition) is 1. The van der Waals surface area contributed by atoms with Crippen LogP contribution in [0.5, 0.6) is 0 Å². The smallest absolute Gasteiger partial charge is 0.305 e. The number of aromatic amines is 1. The molecule has 4 aliphatic rings. The van der Waals surface area contributed by atoms with Gasteiger partial charge in [-0.25, -0.2) is 0 Å². The van der Waals surface area contributed by atoms with Crippen LogP contribution < -0.4 is 4.87 Å². The average molecular weight is 474 g/mol. The molecule has 6 atom stereocenters. The second-order valence-electron chi connectivity index (χ2n) is 9.40.